The molecule has 0 aliphatic carbocycles. The van der Waals surface area contributed by atoms with Crippen LogP contribution in [0, 0.1) is 34.6 Å². The van der Waals surface area contributed by atoms with Crippen LogP contribution in [-0.4, -0.2) is 12.2 Å². The molecule has 0 radical (unpaired) electrons. The zero-order chi connectivity index (χ0) is 15.1. The summed E-state index contributed by atoms with van der Waals surface area (Å²) in [4.78, 5) is 0. The minimum Gasteiger partial charge on any atom is -0.374 e. The van der Waals surface area contributed by atoms with Gasteiger partial charge in [0.15, 0.2) is 0 Å². The summed E-state index contributed by atoms with van der Waals surface area (Å²) in [5.41, 5.74) is 3.86. The molecule has 0 aromatic heterocycles. The van der Waals surface area contributed by atoms with Crippen molar-refractivity contribution < 1.29 is 25.8 Å². The summed E-state index contributed by atoms with van der Waals surface area (Å²) in [5, 5.41) is 0. The number of hydrogen-bond donors (Lipinski definition) is 0. The van der Waals surface area contributed by atoms with Gasteiger partial charge in [-0.15, -0.1) is 11.6 Å². The maximum Gasteiger partial charge on any atom is 0.0618 e. The average Bonchev–Trinajstić information content (AvgIpc) is 2.46. The number of hydrogen-bond acceptors (Lipinski definition) is 1. The molecular formula is C21H37OW-3. The largest absolute Gasteiger partial charge is 0.374 e. The minimum atomic E-state index is 0. The molecule has 23 heavy (non-hydrogen) atoms. The van der Waals surface area contributed by atoms with Gasteiger partial charge in [-0.3, -0.25) is 0 Å². The first kappa shape index (κ1) is 27.6. The first-order valence-electron chi connectivity index (χ1n) is 8.17. The Hall–Kier alpha value is -0.262. The quantitative estimate of drug-likeness (QED) is 0.457. The smallest absolute Gasteiger partial charge is 0.0618 e. The fourth-order valence-electron chi connectivity index (χ4n) is 2.97. The van der Waals surface area contributed by atoms with Crippen LogP contribution in [0.4, 0.5) is 0 Å². The Morgan fingerprint density at radius 2 is 1.78 bits per heavy atom. The van der Waals surface area contributed by atoms with E-state index in [4.69, 9.17) is 4.74 Å². The molecule has 0 bridgehead atoms. The second-order valence-electron chi connectivity index (χ2n) is 5.72. The van der Waals surface area contributed by atoms with Crippen molar-refractivity contribution in [3.05, 3.63) is 56.7 Å². The van der Waals surface area contributed by atoms with Crippen LogP contribution in [0.5, 0.6) is 0 Å². The zero-order valence-electron chi connectivity index (χ0n) is 16.3. The van der Waals surface area contributed by atoms with Crippen molar-refractivity contribution in [3.8, 4) is 0 Å². The van der Waals surface area contributed by atoms with Crippen LogP contribution in [-0.2, 0) is 32.2 Å². The second-order valence-corrected chi connectivity index (χ2v) is 5.72. The first-order chi connectivity index (χ1) is 9.60. The van der Waals surface area contributed by atoms with Crippen LogP contribution < -0.4 is 0 Å². The van der Waals surface area contributed by atoms with Gasteiger partial charge in [-0.25, -0.2) is 0 Å². The van der Waals surface area contributed by atoms with Gasteiger partial charge in [0, 0.05) is 21.1 Å². The summed E-state index contributed by atoms with van der Waals surface area (Å²) in [7, 11) is 0. The van der Waals surface area contributed by atoms with E-state index in [1.807, 2.05) is 13.8 Å². The first-order valence-corrected chi connectivity index (χ1v) is 8.17. The van der Waals surface area contributed by atoms with Gasteiger partial charge in [-0.05, 0) is 31.6 Å². The normalized spacial score (nSPS) is 22.4. The number of ether oxygens (including phenoxy) is 1. The molecule has 1 aromatic carbocycles. The summed E-state index contributed by atoms with van der Waals surface area (Å²) in [6.45, 7) is 14.7. The third-order valence-electron chi connectivity index (χ3n) is 4.20. The van der Waals surface area contributed by atoms with Gasteiger partial charge < -0.3 is 19.6 Å². The van der Waals surface area contributed by atoms with Gasteiger partial charge >= 0.3 is 0 Å². The molecule has 1 aliphatic rings. The van der Waals surface area contributed by atoms with E-state index in [-0.39, 0.29) is 35.9 Å². The Bertz CT molecular complexity index is 403. The van der Waals surface area contributed by atoms with Crippen LogP contribution in [0.25, 0.3) is 0 Å². The van der Waals surface area contributed by atoms with E-state index in [1.165, 1.54) is 24.0 Å². The molecule has 1 aliphatic heterocycles. The zero-order valence-corrected chi connectivity index (χ0v) is 19.2. The fourth-order valence-corrected chi connectivity index (χ4v) is 2.97. The predicted molar refractivity (Wildman–Crippen MR) is 101 cm³/mol. The summed E-state index contributed by atoms with van der Waals surface area (Å²) < 4.78 is 6.22. The Labute approximate surface area is 160 Å². The molecule has 1 heterocycles. The molecule has 2 unspecified atom stereocenters. The molecule has 1 fully saturated rings. The predicted octanol–water partition coefficient (Wildman–Crippen LogP) is 6.24. The Morgan fingerprint density at radius 1 is 1.17 bits per heavy atom. The van der Waals surface area contributed by atoms with Gasteiger partial charge in [0.25, 0.3) is 0 Å². The van der Waals surface area contributed by atoms with Crippen LogP contribution in [0.1, 0.15) is 63.6 Å². The third-order valence-corrected chi connectivity index (χ3v) is 4.20. The summed E-state index contributed by atoms with van der Waals surface area (Å²) in [6.07, 6.45) is 5.54. The summed E-state index contributed by atoms with van der Waals surface area (Å²) >= 11 is 0. The Morgan fingerprint density at radius 3 is 2.30 bits per heavy atom. The topological polar surface area (TPSA) is 9.23 Å². The maximum absolute atomic E-state index is 6.22. The molecule has 0 saturated carbocycles. The van der Waals surface area contributed by atoms with Crippen LogP contribution in [0.3, 0.4) is 0 Å². The number of benzene rings is 1. The SMILES string of the molecule is CC.[CH2-]c1ccc(CC2CCC(C)[C@@H](CC)O2)c(C)c1.[CH3-].[CH3-].[W]. The van der Waals surface area contributed by atoms with Gasteiger partial charge in [-0.2, -0.15) is 24.6 Å². The van der Waals surface area contributed by atoms with Gasteiger partial charge in [0.05, 0.1) is 12.2 Å². The molecule has 0 N–H and O–H groups in total. The number of rotatable bonds is 3. The van der Waals surface area contributed by atoms with Crippen molar-refractivity contribution in [2.75, 3.05) is 0 Å². The minimum absolute atomic E-state index is 0. The molecule has 3 atom stereocenters. The number of aryl methyl sites for hydroxylation is 1. The standard InChI is InChI=1S/C17H25O.C2H6.2CH3.W/c1-5-17-13(3)7-9-16(18-17)11-15-8-6-12(2)10-14(15)4;1-2;;;/h6,8,10,13,16-17H,2,5,7,9,11H2,1,3-4H3;1-2H3;2*1H3;/q-1;;2*-1;/t13?,16?,17-;;;;/m1..../s1. The monoisotopic (exact) mass is 489 g/mol. The maximum atomic E-state index is 6.22. The molecule has 0 amide bonds. The van der Waals surface area contributed by atoms with E-state index in [0.717, 1.165) is 24.3 Å². The van der Waals surface area contributed by atoms with E-state index >= 15 is 0 Å². The van der Waals surface area contributed by atoms with E-state index in [2.05, 4.69) is 45.9 Å². The van der Waals surface area contributed by atoms with Crippen molar-refractivity contribution in [2.24, 2.45) is 5.92 Å². The van der Waals surface area contributed by atoms with Crippen molar-refractivity contribution >= 4 is 0 Å². The fraction of sp³-hybridized carbons (Fsp3) is 0.571. The molecular weight excluding hydrogens is 452 g/mol. The van der Waals surface area contributed by atoms with E-state index < -0.39 is 0 Å². The molecule has 136 valence electrons. The van der Waals surface area contributed by atoms with Crippen LogP contribution >= 0.6 is 0 Å². The van der Waals surface area contributed by atoms with Crippen LogP contribution in [0.15, 0.2) is 18.2 Å². The molecule has 0 spiro atoms. The third kappa shape index (κ3) is 8.41. The molecule has 2 heteroatoms. The molecule has 1 saturated heterocycles. The van der Waals surface area contributed by atoms with E-state index in [0.29, 0.717) is 12.2 Å². The van der Waals surface area contributed by atoms with Gasteiger partial charge in [0.1, 0.15) is 0 Å². The van der Waals surface area contributed by atoms with Crippen molar-refractivity contribution in [1.82, 2.24) is 0 Å². The van der Waals surface area contributed by atoms with Gasteiger partial charge in [0.2, 0.25) is 0 Å². The summed E-state index contributed by atoms with van der Waals surface area (Å²) in [6, 6.07) is 6.48. The average molecular weight is 489 g/mol. The van der Waals surface area contributed by atoms with E-state index in [9.17, 15) is 0 Å². The second kappa shape index (κ2) is 14.1. The van der Waals surface area contributed by atoms with Crippen molar-refractivity contribution in [1.29, 1.82) is 0 Å². The van der Waals surface area contributed by atoms with Crippen molar-refractivity contribution in [2.45, 2.75) is 72.5 Å². The molecule has 1 aromatic rings. The van der Waals surface area contributed by atoms with E-state index in [1.54, 1.807) is 0 Å². The van der Waals surface area contributed by atoms with Crippen molar-refractivity contribution in [3.63, 3.8) is 0 Å². The summed E-state index contributed by atoms with van der Waals surface area (Å²) in [5.74, 6) is 0.717. The molecule has 1 nitrogen and oxygen atoms in total. The van der Waals surface area contributed by atoms with Gasteiger partial charge in [-0.1, -0.05) is 40.2 Å². The van der Waals surface area contributed by atoms with Crippen LogP contribution in [0.2, 0.25) is 0 Å². The Kier molecular flexibility index (Phi) is 16.9. The molecule has 2 rings (SSSR count). The Balaban J connectivity index is -0.000000770.